The van der Waals surface area contributed by atoms with Crippen LogP contribution in [0, 0.1) is 0 Å². The van der Waals surface area contributed by atoms with Gasteiger partial charge in [-0.1, -0.05) is 12.8 Å². The van der Waals surface area contributed by atoms with Crippen molar-refractivity contribution in [2.75, 3.05) is 6.54 Å². The van der Waals surface area contributed by atoms with Crippen molar-refractivity contribution in [2.24, 2.45) is 0 Å². The molecule has 0 saturated heterocycles. The topological polar surface area (TPSA) is 70.2 Å². The van der Waals surface area contributed by atoms with E-state index in [1.165, 1.54) is 12.8 Å². The van der Waals surface area contributed by atoms with Crippen molar-refractivity contribution in [3.8, 4) is 0 Å². The number of hydrogen-bond acceptors (Lipinski definition) is 3. The van der Waals surface area contributed by atoms with Crippen molar-refractivity contribution in [1.82, 2.24) is 16.0 Å². The van der Waals surface area contributed by atoms with Crippen molar-refractivity contribution in [2.45, 2.75) is 63.6 Å². The molecular formula is C13H23N3O2. The highest BCUT2D eigenvalue weighted by molar-refractivity contribution is 5.88. The molecule has 2 aliphatic carbocycles. The van der Waals surface area contributed by atoms with Gasteiger partial charge in [0.05, 0.1) is 6.54 Å². The summed E-state index contributed by atoms with van der Waals surface area (Å²) in [5, 5.41) is 8.84. The summed E-state index contributed by atoms with van der Waals surface area (Å²) in [4.78, 5) is 23.3. The molecule has 18 heavy (non-hydrogen) atoms. The van der Waals surface area contributed by atoms with Gasteiger partial charge in [0.2, 0.25) is 11.8 Å². The van der Waals surface area contributed by atoms with Crippen LogP contribution < -0.4 is 16.0 Å². The molecule has 1 unspecified atom stereocenters. The van der Waals surface area contributed by atoms with Crippen LogP contribution in [0.2, 0.25) is 0 Å². The van der Waals surface area contributed by atoms with Crippen molar-refractivity contribution in [3.63, 3.8) is 0 Å². The quantitative estimate of drug-likeness (QED) is 0.638. The van der Waals surface area contributed by atoms with Crippen molar-refractivity contribution in [1.29, 1.82) is 0 Å². The van der Waals surface area contributed by atoms with Gasteiger partial charge in [-0.05, 0) is 32.6 Å². The van der Waals surface area contributed by atoms with Gasteiger partial charge in [0.25, 0.3) is 0 Å². The molecule has 0 radical (unpaired) electrons. The van der Waals surface area contributed by atoms with E-state index < -0.39 is 6.04 Å². The summed E-state index contributed by atoms with van der Waals surface area (Å²) in [6.07, 6.45) is 6.94. The average molecular weight is 253 g/mol. The number of hydrogen-bond donors (Lipinski definition) is 3. The predicted molar refractivity (Wildman–Crippen MR) is 69.0 cm³/mol. The van der Waals surface area contributed by atoms with Gasteiger partial charge in [0.15, 0.2) is 0 Å². The normalized spacial score (nSPS) is 21.6. The molecule has 0 spiro atoms. The van der Waals surface area contributed by atoms with Gasteiger partial charge in [0.1, 0.15) is 6.04 Å². The molecule has 0 aromatic carbocycles. The van der Waals surface area contributed by atoms with E-state index in [1.807, 2.05) is 0 Å². The zero-order chi connectivity index (χ0) is 13.0. The minimum Gasteiger partial charge on any atom is -0.352 e. The predicted octanol–water partition coefficient (Wildman–Crippen LogP) is 0.302. The Morgan fingerprint density at radius 3 is 2.39 bits per heavy atom. The van der Waals surface area contributed by atoms with Gasteiger partial charge in [-0.25, -0.2) is 0 Å². The van der Waals surface area contributed by atoms with E-state index in [-0.39, 0.29) is 11.8 Å². The molecule has 0 aliphatic heterocycles. The maximum atomic E-state index is 11.7. The van der Waals surface area contributed by atoms with E-state index in [0.29, 0.717) is 18.6 Å². The minimum absolute atomic E-state index is 0.0771. The van der Waals surface area contributed by atoms with Crippen LogP contribution in [0.5, 0.6) is 0 Å². The van der Waals surface area contributed by atoms with Gasteiger partial charge < -0.3 is 16.0 Å². The first-order chi connectivity index (χ1) is 8.65. The maximum absolute atomic E-state index is 11.7. The summed E-state index contributed by atoms with van der Waals surface area (Å²) in [7, 11) is 0. The van der Waals surface area contributed by atoms with Crippen LogP contribution in [-0.2, 0) is 9.59 Å². The standard InChI is InChI=1S/C13H23N3O2/c1-9(13(18)16-11-6-7-11)15-12(17)8-14-10-4-2-3-5-10/h9-11,14H,2-8H2,1H3,(H,15,17)(H,16,18). The second-order valence-electron chi connectivity index (χ2n) is 5.43. The molecule has 1 atom stereocenters. The molecule has 0 aromatic rings. The number of amides is 2. The highest BCUT2D eigenvalue weighted by Gasteiger charge is 2.26. The summed E-state index contributed by atoms with van der Waals surface area (Å²) >= 11 is 0. The fourth-order valence-corrected chi connectivity index (χ4v) is 2.28. The lowest BCUT2D eigenvalue weighted by Gasteiger charge is -2.15. The molecule has 2 saturated carbocycles. The molecule has 3 N–H and O–H groups in total. The third-order valence-corrected chi connectivity index (χ3v) is 3.60. The first-order valence-electron chi connectivity index (χ1n) is 6.98. The largest absolute Gasteiger partial charge is 0.352 e. The van der Waals surface area contributed by atoms with Crippen LogP contribution in [0.25, 0.3) is 0 Å². The smallest absolute Gasteiger partial charge is 0.242 e. The van der Waals surface area contributed by atoms with E-state index in [9.17, 15) is 9.59 Å². The first-order valence-corrected chi connectivity index (χ1v) is 6.98. The number of carbonyl (C=O) groups excluding carboxylic acids is 2. The second-order valence-corrected chi connectivity index (χ2v) is 5.43. The summed E-state index contributed by atoms with van der Waals surface area (Å²) in [5.74, 6) is -0.174. The monoisotopic (exact) mass is 253 g/mol. The first kappa shape index (κ1) is 13.3. The van der Waals surface area contributed by atoms with Gasteiger partial charge in [-0.15, -0.1) is 0 Å². The number of carbonyl (C=O) groups is 2. The van der Waals surface area contributed by atoms with Crippen LogP contribution in [-0.4, -0.2) is 36.5 Å². The molecule has 5 heteroatoms. The molecule has 0 heterocycles. The van der Waals surface area contributed by atoms with E-state index in [4.69, 9.17) is 0 Å². The van der Waals surface area contributed by atoms with Crippen molar-refractivity contribution >= 4 is 11.8 Å². The fraction of sp³-hybridized carbons (Fsp3) is 0.846. The number of rotatable bonds is 6. The molecule has 2 amide bonds. The summed E-state index contributed by atoms with van der Waals surface area (Å²) < 4.78 is 0. The summed E-state index contributed by atoms with van der Waals surface area (Å²) in [5.41, 5.74) is 0. The highest BCUT2D eigenvalue weighted by Crippen LogP contribution is 2.18. The Hall–Kier alpha value is -1.10. The third-order valence-electron chi connectivity index (χ3n) is 3.60. The van der Waals surface area contributed by atoms with Crippen LogP contribution in [0.15, 0.2) is 0 Å². The van der Waals surface area contributed by atoms with Gasteiger partial charge in [0, 0.05) is 12.1 Å². The Morgan fingerprint density at radius 1 is 1.11 bits per heavy atom. The Kier molecular flexibility index (Phi) is 4.58. The van der Waals surface area contributed by atoms with Gasteiger partial charge in [-0.3, -0.25) is 9.59 Å². The molecule has 2 fully saturated rings. The Balaban J connectivity index is 1.61. The highest BCUT2D eigenvalue weighted by atomic mass is 16.2. The Labute approximate surface area is 108 Å². The van der Waals surface area contributed by atoms with E-state index in [0.717, 1.165) is 25.7 Å². The molecular weight excluding hydrogens is 230 g/mol. The van der Waals surface area contributed by atoms with Gasteiger partial charge in [-0.2, -0.15) is 0 Å². The third kappa shape index (κ3) is 4.29. The van der Waals surface area contributed by atoms with Crippen LogP contribution in [0.4, 0.5) is 0 Å². The SMILES string of the molecule is CC(NC(=O)CNC1CCCC1)C(=O)NC1CC1. The van der Waals surface area contributed by atoms with Crippen LogP contribution >= 0.6 is 0 Å². The van der Waals surface area contributed by atoms with Crippen LogP contribution in [0.1, 0.15) is 45.4 Å². The molecule has 5 nitrogen and oxygen atoms in total. The Bertz CT molecular complexity index is 309. The minimum atomic E-state index is -0.441. The summed E-state index contributed by atoms with van der Waals surface area (Å²) in [6, 6.07) is 0.378. The molecule has 0 bridgehead atoms. The van der Waals surface area contributed by atoms with E-state index in [2.05, 4.69) is 16.0 Å². The average Bonchev–Trinajstić information content (AvgIpc) is 2.99. The molecule has 2 aliphatic rings. The zero-order valence-corrected chi connectivity index (χ0v) is 11.0. The molecule has 2 rings (SSSR count). The zero-order valence-electron chi connectivity index (χ0n) is 11.0. The molecule has 102 valence electrons. The lowest BCUT2D eigenvalue weighted by atomic mass is 10.2. The lowest BCUT2D eigenvalue weighted by molar-refractivity contribution is -0.128. The van der Waals surface area contributed by atoms with Crippen molar-refractivity contribution in [3.05, 3.63) is 0 Å². The number of nitrogens with one attached hydrogen (secondary N) is 3. The van der Waals surface area contributed by atoms with E-state index in [1.54, 1.807) is 6.92 Å². The van der Waals surface area contributed by atoms with E-state index >= 15 is 0 Å². The Morgan fingerprint density at radius 2 is 1.78 bits per heavy atom. The summed E-state index contributed by atoms with van der Waals surface area (Å²) in [6.45, 7) is 2.04. The lowest BCUT2D eigenvalue weighted by Crippen LogP contribution is -2.48. The second kappa shape index (κ2) is 6.18. The maximum Gasteiger partial charge on any atom is 0.242 e. The molecule has 0 aromatic heterocycles. The van der Waals surface area contributed by atoms with Crippen molar-refractivity contribution < 1.29 is 9.59 Å². The van der Waals surface area contributed by atoms with Gasteiger partial charge >= 0.3 is 0 Å². The van der Waals surface area contributed by atoms with Crippen LogP contribution in [0.3, 0.4) is 0 Å². The fourth-order valence-electron chi connectivity index (χ4n) is 2.28.